The van der Waals surface area contributed by atoms with Crippen LogP contribution in [0.4, 0.5) is 4.79 Å². The molecule has 0 aliphatic carbocycles. The van der Waals surface area contributed by atoms with Crippen molar-refractivity contribution in [3.8, 4) is 0 Å². The van der Waals surface area contributed by atoms with Gasteiger partial charge in [-0.1, -0.05) is 20.8 Å². The summed E-state index contributed by atoms with van der Waals surface area (Å²) in [6.07, 6.45) is 1.68. The van der Waals surface area contributed by atoms with Crippen LogP contribution in [-0.2, 0) is 4.79 Å². The molecule has 1 aromatic heterocycles. The predicted molar refractivity (Wildman–Crippen MR) is 91.3 cm³/mol. The highest BCUT2D eigenvalue weighted by molar-refractivity contribution is 5.92. The molecule has 4 amide bonds. The van der Waals surface area contributed by atoms with Crippen molar-refractivity contribution in [3.63, 3.8) is 0 Å². The summed E-state index contributed by atoms with van der Waals surface area (Å²) >= 11 is 0. The van der Waals surface area contributed by atoms with Gasteiger partial charge in [-0.05, 0) is 24.0 Å². The zero-order valence-electron chi connectivity index (χ0n) is 14.6. The van der Waals surface area contributed by atoms with Crippen LogP contribution in [0.2, 0.25) is 0 Å². The van der Waals surface area contributed by atoms with E-state index in [1.165, 1.54) is 0 Å². The van der Waals surface area contributed by atoms with E-state index in [0.717, 1.165) is 0 Å². The van der Waals surface area contributed by atoms with Gasteiger partial charge in [0, 0.05) is 26.3 Å². The summed E-state index contributed by atoms with van der Waals surface area (Å²) in [5, 5.41) is 5.29. The van der Waals surface area contributed by atoms with E-state index in [0.29, 0.717) is 18.8 Å². The molecule has 8 nitrogen and oxygen atoms in total. The second kappa shape index (κ2) is 8.95. The third-order valence-electron chi connectivity index (χ3n) is 3.65. The quantitative estimate of drug-likeness (QED) is 0.554. The van der Waals surface area contributed by atoms with E-state index in [-0.39, 0.29) is 23.7 Å². The molecule has 2 atom stereocenters. The summed E-state index contributed by atoms with van der Waals surface area (Å²) in [6.45, 7) is 6.50. The number of nitrogens with zero attached hydrogens (tertiary/aromatic N) is 1. The van der Waals surface area contributed by atoms with Crippen molar-refractivity contribution >= 4 is 17.8 Å². The van der Waals surface area contributed by atoms with E-state index in [2.05, 4.69) is 15.6 Å². The van der Waals surface area contributed by atoms with E-state index in [9.17, 15) is 14.4 Å². The Bertz CT molecular complexity index is 556. The zero-order chi connectivity index (χ0) is 18.3. The summed E-state index contributed by atoms with van der Waals surface area (Å²) < 4.78 is 0. The smallest absolute Gasteiger partial charge is 0.312 e. The van der Waals surface area contributed by atoms with E-state index < -0.39 is 12.1 Å². The Balaban J connectivity index is 2.49. The Labute approximate surface area is 142 Å². The molecule has 5 N–H and O–H groups in total. The summed E-state index contributed by atoms with van der Waals surface area (Å²) in [5.41, 5.74) is 5.62. The standard InChI is InChI=1S/C16H27N5O3/c1-10(2)13(20-16(17)24)15(23)21(4)9-11(3)8-19-14(22)12-6-5-7-18-12/h5-7,10-11,13,18H,8-9H2,1-4H3,(H,19,22)(H3,17,20,24)/t11?,13-/m0/s1. The van der Waals surface area contributed by atoms with Crippen LogP contribution in [0.5, 0.6) is 0 Å². The fourth-order valence-corrected chi connectivity index (χ4v) is 2.36. The second-order valence-electron chi connectivity index (χ2n) is 6.35. The van der Waals surface area contributed by atoms with Gasteiger partial charge < -0.3 is 26.3 Å². The Morgan fingerprint density at radius 2 is 1.96 bits per heavy atom. The molecule has 0 aliphatic rings. The molecule has 0 spiro atoms. The van der Waals surface area contributed by atoms with Crippen molar-refractivity contribution in [2.24, 2.45) is 17.6 Å². The first-order chi connectivity index (χ1) is 11.2. The molecule has 0 aliphatic heterocycles. The van der Waals surface area contributed by atoms with Gasteiger partial charge in [-0.3, -0.25) is 9.59 Å². The van der Waals surface area contributed by atoms with Crippen LogP contribution in [0.25, 0.3) is 0 Å². The largest absolute Gasteiger partial charge is 0.357 e. The molecule has 1 heterocycles. The Morgan fingerprint density at radius 3 is 2.46 bits per heavy atom. The number of primary amides is 1. The van der Waals surface area contributed by atoms with Gasteiger partial charge >= 0.3 is 6.03 Å². The minimum Gasteiger partial charge on any atom is -0.357 e. The van der Waals surface area contributed by atoms with E-state index in [1.807, 2.05) is 20.8 Å². The van der Waals surface area contributed by atoms with Gasteiger partial charge in [-0.2, -0.15) is 0 Å². The number of nitrogens with one attached hydrogen (secondary N) is 3. The van der Waals surface area contributed by atoms with Gasteiger partial charge in [-0.15, -0.1) is 0 Å². The number of amides is 4. The molecule has 0 bridgehead atoms. The molecular weight excluding hydrogens is 310 g/mol. The molecule has 0 saturated heterocycles. The number of carbonyl (C=O) groups excluding carboxylic acids is 3. The topological polar surface area (TPSA) is 120 Å². The molecule has 1 rings (SSSR count). The fraction of sp³-hybridized carbons (Fsp3) is 0.562. The minimum atomic E-state index is -0.721. The van der Waals surface area contributed by atoms with Crippen LogP contribution in [-0.4, -0.2) is 53.9 Å². The van der Waals surface area contributed by atoms with Crippen LogP contribution in [0, 0.1) is 11.8 Å². The van der Waals surface area contributed by atoms with Crippen LogP contribution >= 0.6 is 0 Å². The van der Waals surface area contributed by atoms with E-state index in [1.54, 1.807) is 30.3 Å². The molecule has 0 aromatic carbocycles. The van der Waals surface area contributed by atoms with Gasteiger partial charge in [0.2, 0.25) is 5.91 Å². The summed E-state index contributed by atoms with van der Waals surface area (Å²) in [7, 11) is 1.67. The number of H-pyrrole nitrogens is 1. The first-order valence-corrected chi connectivity index (χ1v) is 7.94. The predicted octanol–water partition coefficient (Wildman–Crippen LogP) is 0.532. The Hall–Kier alpha value is -2.51. The molecule has 8 heteroatoms. The maximum atomic E-state index is 12.4. The lowest BCUT2D eigenvalue weighted by Gasteiger charge is -2.28. The maximum absolute atomic E-state index is 12.4. The van der Waals surface area contributed by atoms with Gasteiger partial charge in [-0.25, -0.2) is 4.79 Å². The number of aromatic nitrogens is 1. The van der Waals surface area contributed by atoms with Crippen molar-refractivity contribution in [1.82, 2.24) is 20.5 Å². The van der Waals surface area contributed by atoms with Crippen LogP contribution in [0.15, 0.2) is 18.3 Å². The van der Waals surface area contributed by atoms with Crippen molar-refractivity contribution in [3.05, 3.63) is 24.0 Å². The highest BCUT2D eigenvalue weighted by Crippen LogP contribution is 2.07. The number of urea groups is 1. The highest BCUT2D eigenvalue weighted by atomic mass is 16.2. The molecule has 0 fully saturated rings. The van der Waals surface area contributed by atoms with E-state index >= 15 is 0 Å². The van der Waals surface area contributed by atoms with Crippen molar-refractivity contribution in [2.75, 3.05) is 20.1 Å². The van der Waals surface area contributed by atoms with Crippen LogP contribution in [0.1, 0.15) is 31.3 Å². The zero-order valence-corrected chi connectivity index (χ0v) is 14.6. The first kappa shape index (κ1) is 19.5. The average Bonchev–Trinajstić information content (AvgIpc) is 3.03. The number of hydrogen-bond donors (Lipinski definition) is 4. The fourth-order valence-electron chi connectivity index (χ4n) is 2.36. The third-order valence-corrected chi connectivity index (χ3v) is 3.65. The lowest BCUT2D eigenvalue weighted by molar-refractivity contribution is -0.133. The van der Waals surface area contributed by atoms with Crippen LogP contribution in [0.3, 0.4) is 0 Å². The number of likely N-dealkylation sites (N-methyl/N-ethyl adjacent to an activating group) is 1. The maximum Gasteiger partial charge on any atom is 0.312 e. The van der Waals surface area contributed by atoms with Gasteiger partial charge in [0.05, 0.1) is 0 Å². The molecule has 1 aromatic rings. The third kappa shape index (κ3) is 5.94. The van der Waals surface area contributed by atoms with Gasteiger partial charge in [0.25, 0.3) is 5.91 Å². The average molecular weight is 337 g/mol. The lowest BCUT2D eigenvalue weighted by Crippen LogP contribution is -2.52. The first-order valence-electron chi connectivity index (χ1n) is 7.94. The Kier molecular flexibility index (Phi) is 7.29. The van der Waals surface area contributed by atoms with Crippen molar-refractivity contribution in [2.45, 2.75) is 26.8 Å². The Morgan fingerprint density at radius 1 is 1.29 bits per heavy atom. The number of nitrogens with two attached hydrogens (primary N) is 1. The van der Waals surface area contributed by atoms with Crippen molar-refractivity contribution in [1.29, 1.82) is 0 Å². The number of hydrogen-bond acceptors (Lipinski definition) is 3. The van der Waals surface area contributed by atoms with E-state index in [4.69, 9.17) is 5.73 Å². The van der Waals surface area contributed by atoms with Gasteiger partial charge in [0.1, 0.15) is 11.7 Å². The highest BCUT2D eigenvalue weighted by Gasteiger charge is 2.27. The lowest BCUT2D eigenvalue weighted by atomic mass is 10.0. The summed E-state index contributed by atoms with van der Waals surface area (Å²) in [5.74, 6) is -0.405. The normalized spacial score (nSPS) is 13.2. The molecule has 0 radical (unpaired) electrons. The summed E-state index contributed by atoms with van der Waals surface area (Å²) in [6, 6.07) is 2.07. The molecule has 134 valence electrons. The van der Waals surface area contributed by atoms with Gasteiger partial charge in [0.15, 0.2) is 0 Å². The number of aromatic amines is 1. The van der Waals surface area contributed by atoms with Crippen molar-refractivity contribution < 1.29 is 14.4 Å². The number of rotatable bonds is 8. The minimum absolute atomic E-state index is 0.0549. The summed E-state index contributed by atoms with van der Waals surface area (Å²) in [4.78, 5) is 39.7. The monoisotopic (exact) mass is 337 g/mol. The number of carbonyl (C=O) groups is 3. The SMILES string of the molecule is CC(CNC(=O)c1ccc[nH]1)CN(C)C(=O)[C@@H](NC(N)=O)C(C)C. The molecular formula is C16H27N5O3. The molecule has 24 heavy (non-hydrogen) atoms. The second-order valence-corrected chi connectivity index (χ2v) is 6.35. The molecule has 0 saturated carbocycles. The van der Waals surface area contributed by atoms with Crippen LogP contribution < -0.4 is 16.4 Å². The molecule has 1 unspecified atom stereocenters.